The van der Waals surface area contributed by atoms with Crippen molar-refractivity contribution in [1.82, 2.24) is 0 Å². The largest absolute Gasteiger partial charge is 0.480 e. The number of carbonyl (C=O) groups excluding carboxylic acids is 1. The normalized spacial score (nSPS) is 10.9. The summed E-state index contributed by atoms with van der Waals surface area (Å²) in [6.45, 7) is -3.77. The van der Waals surface area contributed by atoms with Gasteiger partial charge in [0.1, 0.15) is 0 Å². The van der Waals surface area contributed by atoms with Gasteiger partial charge in [-0.15, -0.1) is 0 Å². The fraction of sp³-hybridized carbons (Fsp3) is 0.182. The van der Waals surface area contributed by atoms with Crippen LogP contribution in [0.5, 0.6) is 5.75 Å². The van der Waals surface area contributed by atoms with E-state index < -0.39 is 59.0 Å². The van der Waals surface area contributed by atoms with Crippen molar-refractivity contribution in [2.24, 2.45) is 5.92 Å². The average Bonchev–Trinajstić information content (AvgIpc) is 2.37. The Hall–Kier alpha value is -2.72. The molecule has 120 valence electrons. The lowest BCUT2D eigenvalue weighted by Gasteiger charge is -2.12. The SMILES string of the molecule is O=C(O)C(C(=O)O)C(=O)c1cc(F)c(F)c(OC(F)F)c1F. The van der Waals surface area contributed by atoms with Gasteiger partial charge in [-0.25, -0.2) is 8.78 Å². The standard InChI is InChI=1S/C11H5F5O6/c12-3-1-2(7(17)4(9(18)19)10(20)21)5(13)8(6(3)14)22-11(15)16/h1,4,11H,(H,18,19)(H,20,21). The minimum absolute atomic E-state index is 0.149. The third kappa shape index (κ3) is 3.30. The number of alkyl halides is 2. The molecule has 11 heteroatoms. The van der Waals surface area contributed by atoms with Crippen LogP contribution in [0.3, 0.4) is 0 Å². The fourth-order valence-corrected chi connectivity index (χ4v) is 1.44. The van der Waals surface area contributed by atoms with E-state index in [-0.39, 0.29) is 6.07 Å². The maximum absolute atomic E-state index is 13.7. The Kier molecular flexibility index (Phi) is 5.02. The van der Waals surface area contributed by atoms with Crippen molar-refractivity contribution < 1.29 is 51.3 Å². The lowest BCUT2D eigenvalue weighted by atomic mass is 9.97. The van der Waals surface area contributed by atoms with Crippen LogP contribution in [0.4, 0.5) is 22.0 Å². The van der Waals surface area contributed by atoms with Crippen LogP contribution in [-0.2, 0) is 9.59 Å². The molecule has 0 saturated heterocycles. The molecule has 0 bridgehead atoms. The summed E-state index contributed by atoms with van der Waals surface area (Å²) in [4.78, 5) is 32.9. The van der Waals surface area contributed by atoms with Gasteiger partial charge < -0.3 is 14.9 Å². The van der Waals surface area contributed by atoms with E-state index in [1.54, 1.807) is 0 Å². The fourth-order valence-electron chi connectivity index (χ4n) is 1.44. The van der Waals surface area contributed by atoms with Crippen molar-refractivity contribution in [3.05, 3.63) is 29.1 Å². The summed E-state index contributed by atoms with van der Waals surface area (Å²) in [5.74, 6) is -17.5. The van der Waals surface area contributed by atoms with Crippen molar-refractivity contribution in [3.8, 4) is 5.75 Å². The molecule has 0 atom stereocenters. The summed E-state index contributed by atoms with van der Waals surface area (Å²) in [5, 5.41) is 17.1. The molecule has 22 heavy (non-hydrogen) atoms. The molecular formula is C11H5F5O6. The van der Waals surface area contributed by atoms with Gasteiger partial charge in [0.05, 0.1) is 5.56 Å². The first-order valence-electron chi connectivity index (χ1n) is 5.20. The van der Waals surface area contributed by atoms with Crippen molar-refractivity contribution in [2.75, 3.05) is 0 Å². The van der Waals surface area contributed by atoms with Gasteiger partial charge in [0, 0.05) is 0 Å². The molecule has 2 N–H and O–H groups in total. The first-order chi connectivity index (χ1) is 10.1. The van der Waals surface area contributed by atoms with Crippen LogP contribution in [0.25, 0.3) is 0 Å². The highest BCUT2D eigenvalue weighted by Crippen LogP contribution is 2.30. The van der Waals surface area contributed by atoms with Gasteiger partial charge in [-0.3, -0.25) is 14.4 Å². The van der Waals surface area contributed by atoms with Crippen LogP contribution in [-0.4, -0.2) is 34.5 Å². The number of hydrogen-bond donors (Lipinski definition) is 2. The monoisotopic (exact) mass is 328 g/mol. The molecule has 0 spiro atoms. The van der Waals surface area contributed by atoms with Crippen molar-refractivity contribution >= 4 is 17.7 Å². The summed E-state index contributed by atoms with van der Waals surface area (Å²) in [5.41, 5.74) is -1.55. The molecule has 0 amide bonds. The zero-order valence-electron chi connectivity index (χ0n) is 10.1. The summed E-state index contributed by atoms with van der Waals surface area (Å²) in [6.07, 6.45) is 0. The number of carboxylic acids is 2. The lowest BCUT2D eigenvalue weighted by Crippen LogP contribution is -2.32. The summed E-state index contributed by atoms with van der Waals surface area (Å²) in [6, 6.07) is -0.149. The predicted molar refractivity (Wildman–Crippen MR) is 56.0 cm³/mol. The second-order valence-corrected chi connectivity index (χ2v) is 3.72. The second kappa shape index (κ2) is 6.37. The molecule has 0 aromatic heterocycles. The number of halogens is 5. The number of benzene rings is 1. The number of ether oxygens (including phenoxy) is 1. The minimum atomic E-state index is -3.77. The number of aliphatic carboxylic acids is 2. The van der Waals surface area contributed by atoms with Gasteiger partial charge in [0.2, 0.25) is 17.5 Å². The molecule has 0 heterocycles. The highest BCUT2D eigenvalue weighted by molar-refractivity contribution is 6.20. The van der Waals surface area contributed by atoms with Crippen LogP contribution in [0.2, 0.25) is 0 Å². The van der Waals surface area contributed by atoms with Crippen LogP contribution < -0.4 is 4.74 Å². The third-order valence-electron chi connectivity index (χ3n) is 2.34. The topological polar surface area (TPSA) is 101 Å². The van der Waals surface area contributed by atoms with E-state index >= 15 is 0 Å². The predicted octanol–water partition coefficient (Wildman–Crippen LogP) is 1.67. The van der Waals surface area contributed by atoms with E-state index in [1.807, 2.05) is 0 Å². The quantitative estimate of drug-likeness (QED) is 0.357. The molecule has 0 unspecified atom stereocenters. The number of carbonyl (C=O) groups is 3. The first kappa shape index (κ1) is 17.3. The summed E-state index contributed by atoms with van der Waals surface area (Å²) >= 11 is 0. The van der Waals surface area contributed by atoms with Crippen LogP contribution in [0.1, 0.15) is 10.4 Å². The van der Waals surface area contributed by atoms with E-state index in [0.29, 0.717) is 0 Å². The second-order valence-electron chi connectivity index (χ2n) is 3.72. The Labute approximate surface area is 117 Å². The van der Waals surface area contributed by atoms with Gasteiger partial charge in [-0.1, -0.05) is 0 Å². The van der Waals surface area contributed by atoms with Crippen LogP contribution >= 0.6 is 0 Å². The van der Waals surface area contributed by atoms with E-state index in [0.717, 1.165) is 0 Å². The Morgan fingerprint density at radius 1 is 1.00 bits per heavy atom. The minimum Gasteiger partial charge on any atom is -0.480 e. The van der Waals surface area contributed by atoms with Crippen molar-refractivity contribution in [1.29, 1.82) is 0 Å². The van der Waals surface area contributed by atoms with Gasteiger partial charge in [0.15, 0.2) is 17.4 Å². The Morgan fingerprint density at radius 3 is 1.91 bits per heavy atom. The lowest BCUT2D eigenvalue weighted by molar-refractivity contribution is -0.151. The van der Waals surface area contributed by atoms with Gasteiger partial charge >= 0.3 is 18.6 Å². The third-order valence-corrected chi connectivity index (χ3v) is 2.34. The molecule has 0 aliphatic heterocycles. The van der Waals surface area contributed by atoms with Crippen LogP contribution in [0.15, 0.2) is 6.07 Å². The zero-order chi connectivity index (χ0) is 17.2. The molecule has 1 aromatic carbocycles. The van der Waals surface area contributed by atoms with Crippen LogP contribution in [0, 0.1) is 23.4 Å². The molecule has 0 aliphatic carbocycles. The highest BCUT2D eigenvalue weighted by Gasteiger charge is 2.38. The molecule has 6 nitrogen and oxygen atoms in total. The van der Waals surface area contributed by atoms with E-state index in [1.165, 1.54) is 0 Å². The van der Waals surface area contributed by atoms with E-state index in [4.69, 9.17) is 10.2 Å². The van der Waals surface area contributed by atoms with Crippen molar-refractivity contribution in [3.63, 3.8) is 0 Å². The van der Waals surface area contributed by atoms with Gasteiger partial charge in [-0.05, 0) is 6.07 Å². The number of carboxylic acid groups (broad SMARTS) is 2. The van der Waals surface area contributed by atoms with Crippen molar-refractivity contribution in [2.45, 2.75) is 6.61 Å². The molecule has 0 aliphatic rings. The smallest absolute Gasteiger partial charge is 0.387 e. The highest BCUT2D eigenvalue weighted by atomic mass is 19.3. The maximum Gasteiger partial charge on any atom is 0.387 e. The summed E-state index contributed by atoms with van der Waals surface area (Å²) in [7, 11) is 0. The van der Waals surface area contributed by atoms with E-state index in [9.17, 15) is 36.3 Å². The number of Topliss-reactive ketones (excluding diaryl/α,β-unsaturated/α-hetero) is 1. The van der Waals surface area contributed by atoms with Gasteiger partial charge in [-0.2, -0.15) is 13.2 Å². The average molecular weight is 328 g/mol. The molecule has 0 saturated carbocycles. The van der Waals surface area contributed by atoms with Gasteiger partial charge in [0.25, 0.3) is 0 Å². The molecule has 1 aromatic rings. The Balaban J connectivity index is 3.48. The maximum atomic E-state index is 13.7. The molecule has 1 rings (SSSR count). The Morgan fingerprint density at radius 2 is 1.50 bits per heavy atom. The number of ketones is 1. The molecule has 0 fully saturated rings. The summed E-state index contributed by atoms with van der Waals surface area (Å²) < 4.78 is 67.5. The Bertz CT molecular complexity index is 630. The van der Waals surface area contributed by atoms with E-state index in [2.05, 4.69) is 4.74 Å². The molecular weight excluding hydrogens is 323 g/mol. The zero-order valence-corrected chi connectivity index (χ0v) is 10.1. The number of rotatable bonds is 6. The first-order valence-corrected chi connectivity index (χ1v) is 5.20. The number of hydrogen-bond acceptors (Lipinski definition) is 4. The molecule has 0 radical (unpaired) electrons.